The third kappa shape index (κ3) is 4.61. The molecule has 3 rings (SSSR count). The molecule has 1 amide bonds. The number of ether oxygens (including phenoxy) is 1. The standard InChI is InChI=1S/C18H32N2O2/c1-2-22-18(21)20-12-15(10-14-8-9-14)11-17(13-20)19-16-6-4-3-5-7-16/h14-17,19H,2-13H2,1H3. The lowest BCUT2D eigenvalue weighted by Crippen LogP contribution is -2.54. The summed E-state index contributed by atoms with van der Waals surface area (Å²) in [5, 5.41) is 3.86. The Morgan fingerprint density at radius 2 is 1.82 bits per heavy atom. The number of nitrogens with one attached hydrogen (secondary N) is 1. The van der Waals surface area contributed by atoms with Gasteiger partial charge in [0.05, 0.1) is 6.61 Å². The summed E-state index contributed by atoms with van der Waals surface area (Å²) >= 11 is 0. The SMILES string of the molecule is CCOC(=O)N1CC(CC2CC2)CC(NC2CCCCC2)C1. The number of likely N-dealkylation sites (tertiary alicyclic amines) is 1. The molecule has 2 atom stereocenters. The van der Waals surface area contributed by atoms with Gasteiger partial charge >= 0.3 is 6.09 Å². The van der Waals surface area contributed by atoms with Gasteiger partial charge in [0.25, 0.3) is 0 Å². The summed E-state index contributed by atoms with van der Waals surface area (Å²) in [6, 6.07) is 1.13. The zero-order valence-electron chi connectivity index (χ0n) is 14.1. The van der Waals surface area contributed by atoms with Crippen LogP contribution < -0.4 is 5.32 Å². The fourth-order valence-electron chi connectivity index (χ4n) is 4.29. The van der Waals surface area contributed by atoms with Gasteiger partial charge in [-0.3, -0.25) is 0 Å². The zero-order chi connectivity index (χ0) is 15.4. The quantitative estimate of drug-likeness (QED) is 0.844. The van der Waals surface area contributed by atoms with Crippen molar-refractivity contribution in [2.45, 2.75) is 76.8 Å². The molecule has 0 aromatic heterocycles. The second kappa shape index (κ2) is 7.67. The first kappa shape index (κ1) is 16.1. The van der Waals surface area contributed by atoms with Gasteiger partial charge in [-0.15, -0.1) is 0 Å². The van der Waals surface area contributed by atoms with Crippen molar-refractivity contribution in [1.82, 2.24) is 10.2 Å². The Kier molecular flexibility index (Phi) is 5.61. The Hall–Kier alpha value is -0.770. The Morgan fingerprint density at radius 1 is 1.05 bits per heavy atom. The summed E-state index contributed by atoms with van der Waals surface area (Å²) in [7, 11) is 0. The number of nitrogens with zero attached hydrogens (tertiary/aromatic N) is 1. The summed E-state index contributed by atoms with van der Waals surface area (Å²) in [6.45, 7) is 4.10. The predicted molar refractivity (Wildman–Crippen MR) is 87.8 cm³/mol. The predicted octanol–water partition coefficient (Wildman–Crippen LogP) is 3.56. The maximum absolute atomic E-state index is 12.2. The van der Waals surface area contributed by atoms with Gasteiger partial charge < -0.3 is 15.0 Å². The van der Waals surface area contributed by atoms with Gasteiger partial charge in [-0.05, 0) is 44.4 Å². The summed E-state index contributed by atoms with van der Waals surface area (Å²) in [6.07, 6.45) is 12.0. The van der Waals surface area contributed by atoms with Gasteiger partial charge in [0.15, 0.2) is 0 Å². The highest BCUT2D eigenvalue weighted by Crippen LogP contribution is 2.38. The Morgan fingerprint density at radius 3 is 2.50 bits per heavy atom. The average molecular weight is 308 g/mol. The van der Waals surface area contributed by atoms with Gasteiger partial charge in [0.2, 0.25) is 0 Å². The van der Waals surface area contributed by atoms with Crippen LogP contribution in [-0.4, -0.2) is 42.8 Å². The largest absolute Gasteiger partial charge is 0.450 e. The van der Waals surface area contributed by atoms with Gasteiger partial charge in [-0.25, -0.2) is 4.79 Å². The molecule has 2 saturated carbocycles. The van der Waals surface area contributed by atoms with Crippen LogP contribution in [0.2, 0.25) is 0 Å². The summed E-state index contributed by atoms with van der Waals surface area (Å²) in [4.78, 5) is 14.1. The Balaban J connectivity index is 1.56. The van der Waals surface area contributed by atoms with E-state index >= 15 is 0 Å². The highest BCUT2D eigenvalue weighted by atomic mass is 16.6. The molecule has 2 unspecified atom stereocenters. The van der Waals surface area contributed by atoms with Crippen molar-refractivity contribution in [1.29, 1.82) is 0 Å². The van der Waals surface area contributed by atoms with Crippen molar-refractivity contribution in [2.24, 2.45) is 11.8 Å². The van der Waals surface area contributed by atoms with E-state index in [2.05, 4.69) is 5.32 Å². The monoisotopic (exact) mass is 308 g/mol. The van der Waals surface area contributed by atoms with Gasteiger partial charge in [-0.1, -0.05) is 32.1 Å². The highest BCUT2D eigenvalue weighted by molar-refractivity contribution is 5.67. The van der Waals surface area contributed by atoms with Crippen LogP contribution in [0.25, 0.3) is 0 Å². The lowest BCUT2D eigenvalue weighted by atomic mass is 9.88. The van der Waals surface area contributed by atoms with E-state index < -0.39 is 0 Å². The second-order valence-electron chi connectivity index (χ2n) is 7.58. The normalized spacial score (nSPS) is 30.3. The number of piperidine rings is 1. The molecule has 2 aliphatic carbocycles. The van der Waals surface area contributed by atoms with Crippen LogP contribution in [0.4, 0.5) is 4.79 Å². The van der Waals surface area contributed by atoms with E-state index in [4.69, 9.17) is 4.74 Å². The third-order valence-electron chi connectivity index (χ3n) is 5.50. The van der Waals surface area contributed by atoms with E-state index in [0.29, 0.717) is 24.6 Å². The first-order valence-electron chi connectivity index (χ1n) is 9.42. The summed E-state index contributed by atoms with van der Waals surface area (Å²) in [5.74, 6) is 1.59. The molecule has 126 valence electrons. The minimum absolute atomic E-state index is 0.113. The fraction of sp³-hybridized carbons (Fsp3) is 0.944. The van der Waals surface area contributed by atoms with E-state index in [1.807, 2.05) is 11.8 Å². The highest BCUT2D eigenvalue weighted by Gasteiger charge is 2.35. The minimum atomic E-state index is -0.113. The molecule has 22 heavy (non-hydrogen) atoms. The maximum atomic E-state index is 12.2. The van der Waals surface area contributed by atoms with E-state index in [1.54, 1.807) is 0 Å². The lowest BCUT2D eigenvalue weighted by Gasteiger charge is -2.39. The minimum Gasteiger partial charge on any atom is -0.450 e. The van der Waals surface area contributed by atoms with Crippen LogP contribution >= 0.6 is 0 Å². The van der Waals surface area contributed by atoms with E-state index in [1.165, 1.54) is 57.8 Å². The first-order valence-corrected chi connectivity index (χ1v) is 9.42. The van der Waals surface area contributed by atoms with Crippen LogP contribution in [0.15, 0.2) is 0 Å². The van der Waals surface area contributed by atoms with Crippen molar-refractivity contribution < 1.29 is 9.53 Å². The van der Waals surface area contributed by atoms with E-state index in [9.17, 15) is 4.79 Å². The molecule has 4 nitrogen and oxygen atoms in total. The van der Waals surface area contributed by atoms with E-state index in [0.717, 1.165) is 19.0 Å². The van der Waals surface area contributed by atoms with Crippen LogP contribution in [0.5, 0.6) is 0 Å². The molecular formula is C18H32N2O2. The molecule has 1 aliphatic heterocycles. The number of hydrogen-bond acceptors (Lipinski definition) is 3. The first-order chi connectivity index (χ1) is 10.7. The number of carbonyl (C=O) groups is 1. The summed E-state index contributed by atoms with van der Waals surface area (Å²) < 4.78 is 5.25. The summed E-state index contributed by atoms with van der Waals surface area (Å²) in [5.41, 5.74) is 0. The number of amides is 1. The number of carbonyl (C=O) groups excluding carboxylic acids is 1. The smallest absolute Gasteiger partial charge is 0.409 e. The van der Waals surface area contributed by atoms with Gasteiger partial charge in [0.1, 0.15) is 0 Å². The van der Waals surface area contributed by atoms with Crippen molar-refractivity contribution >= 4 is 6.09 Å². The molecule has 4 heteroatoms. The fourth-order valence-corrected chi connectivity index (χ4v) is 4.29. The van der Waals surface area contributed by atoms with Gasteiger partial charge in [0, 0.05) is 25.2 Å². The maximum Gasteiger partial charge on any atom is 0.409 e. The molecule has 1 heterocycles. The molecule has 0 spiro atoms. The molecule has 1 N–H and O–H groups in total. The van der Waals surface area contributed by atoms with Gasteiger partial charge in [-0.2, -0.15) is 0 Å². The molecule has 3 fully saturated rings. The van der Waals surface area contributed by atoms with Crippen LogP contribution in [-0.2, 0) is 4.74 Å². The zero-order valence-corrected chi connectivity index (χ0v) is 14.1. The molecule has 0 aromatic rings. The van der Waals surface area contributed by atoms with Crippen molar-refractivity contribution in [2.75, 3.05) is 19.7 Å². The average Bonchev–Trinajstić information content (AvgIpc) is 3.32. The molecule has 0 aromatic carbocycles. The molecule has 0 radical (unpaired) electrons. The number of rotatable bonds is 5. The third-order valence-corrected chi connectivity index (χ3v) is 5.50. The van der Waals surface area contributed by atoms with Crippen molar-refractivity contribution in [3.63, 3.8) is 0 Å². The van der Waals surface area contributed by atoms with Crippen molar-refractivity contribution in [3.8, 4) is 0 Å². The van der Waals surface area contributed by atoms with Crippen LogP contribution in [0.3, 0.4) is 0 Å². The molecular weight excluding hydrogens is 276 g/mol. The Labute approximate surface area is 135 Å². The topological polar surface area (TPSA) is 41.6 Å². The van der Waals surface area contributed by atoms with Crippen LogP contribution in [0.1, 0.15) is 64.7 Å². The molecule has 1 saturated heterocycles. The van der Waals surface area contributed by atoms with Crippen LogP contribution in [0, 0.1) is 11.8 Å². The van der Waals surface area contributed by atoms with Crippen molar-refractivity contribution in [3.05, 3.63) is 0 Å². The molecule has 3 aliphatic rings. The lowest BCUT2D eigenvalue weighted by molar-refractivity contribution is 0.0735. The second-order valence-corrected chi connectivity index (χ2v) is 7.58. The Bertz CT molecular complexity index is 364. The van der Waals surface area contributed by atoms with E-state index in [-0.39, 0.29) is 6.09 Å². The molecule has 0 bridgehead atoms. The number of hydrogen-bond donors (Lipinski definition) is 1.